The molecule has 1 heterocycles. The van der Waals surface area contributed by atoms with Gasteiger partial charge in [0, 0.05) is 5.56 Å². The van der Waals surface area contributed by atoms with Crippen LogP contribution in [0.1, 0.15) is 0 Å². The summed E-state index contributed by atoms with van der Waals surface area (Å²) < 4.78 is 15.8. The second kappa shape index (κ2) is 5.69. The molecular weight excluding hydrogens is 316 g/mol. The molecule has 0 fully saturated rings. The number of hydrogen-bond acceptors (Lipinski definition) is 7. The summed E-state index contributed by atoms with van der Waals surface area (Å²) in [4.78, 5) is 12.3. The topological polar surface area (TPSA) is 109 Å². The highest BCUT2D eigenvalue weighted by Gasteiger charge is 2.20. The fourth-order valence-corrected chi connectivity index (χ4v) is 2.40. The summed E-state index contributed by atoms with van der Waals surface area (Å²) in [6.45, 7) is 0. The van der Waals surface area contributed by atoms with Crippen LogP contribution in [0.4, 0.5) is 0 Å². The SMILES string of the molecule is COc1ccc(-c2oc3c(O)c(O)ccc3c(=O)c2O)cc1OC. The molecule has 3 aromatic rings. The summed E-state index contributed by atoms with van der Waals surface area (Å²) in [5.74, 6) is -0.947. The summed E-state index contributed by atoms with van der Waals surface area (Å²) >= 11 is 0. The van der Waals surface area contributed by atoms with Crippen molar-refractivity contribution in [1.82, 2.24) is 0 Å². The van der Waals surface area contributed by atoms with Gasteiger partial charge in [0.2, 0.25) is 16.9 Å². The Hall–Kier alpha value is -3.35. The molecule has 0 unspecified atom stereocenters. The van der Waals surface area contributed by atoms with E-state index in [4.69, 9.17) is 13.9 Å². The second-order valence-corrected chi connectivity index (χ2v) is 4.99. The highest BCUT2D eigenvalue weighted by molar-refractivity contribution is 5.88. The average Bonchev–Trinajstić information content (AvgIpc) is 2.60. The first-order chi connectivity index (χ1) is 11.5. The summed E-state index contributed by atoms with van der Waals surface area (Å²) in [5.41, 5.74) is -0.606. The lowest BCUT2D eigenvalue weighted by molar-refractivity contribution is 0.355. The van der Waals surface area contributed by atoms with Gasteiger partial charge in [0.1, 0.15) is 0 Å². The molecule has 0 bridgehead atoms. The predicted molar refractivity (Wildman–Crippen MR) is 86.0 cm³/mol. The van der Waals surface area contributed by atoms with Crippen LogP contribution >= 0.6 is 0 Å². The van der Waals surface area contributed by atoms with Gasteiger partial charge in [-0.3, -0.25) is 4.79 Å². The first kappa shape index (κ1) is 15.5. The molecule has 1 aromatic heterocycles. The van der Waals surface area contributed by atoms with E-state index in [0.29, 0.717) is 17.1 Å². The van der Waals surface area contributed by atoms with Crippen LogP contribution in [-0.4, -0.2) is 29.5 Å². The van der Waals surface area contributed by atoms with Crippen molar-refractivity contribution >= 4 is 11.0 Å². The monoisotopic (exact) mass is 330 g/mol. The molecule has 0 atom stereocenters. The van der Waals surface area contributed by atoms with Crippen LogP contribution in [0, 0.1) is 0 Å². The molecule has 3 rings (SSSR count). The molecule has 124 valence electrons. The van der Waals surface area contributed by atoms with Gasteiger partial charge in [-0.2, -0.15) is 0 Å². The van der Waals surface area contributed by atoms with E-state index in [1.54, 1.807) is 12.1 Å². The van der Waals surface area contributed by atoms with Gasteiger partial charge >= 0.3 is 0 Å². The molecular formula is C17H14O7. The number of ether oxygens (including phenoxy) is 2. The van der Waals surface area contributed by atoms with Gasteiger partial charge in [0.25, 0.3) is 0 Å². The first-order valence-corrected chi connectivity index (χ1v) is 6.91. The zero-order valence-electron chi connectivity index (χ0n) is 12.9. The number of hydrogen-bond donors (Lipinski definition) is 3. The van der Waals surface area contributed by atoms with Gasteiger partial charge in [0.15, 0.2) is 28.6 Å². The molecule has 0 spiro atoms. The predicted octanol–water partition coefficient (Wildman–Crippen LogP) is 2.59. The molecule has 0 aliphatic rings. The first-order valence-electron chi connectivity index (χ1n) is 6.91. The van der Waals surface area contributed by atoms with Crippen molar-refractivity contribution in [2.45, 2.75) is 0 Å². The van der Waals surface area contributed by atoms with Crippen LogP contribution in [-0.2, 0) is 0 Å². The van der Waals surface area contributed by atoms with Crippen LogP contribution in [0.25, 0.3) is 22.3 Å². The van der Waals surface area contributed by atoms with E-state index < -0.39 is 22.7 Å². The third-order valence-electron chi connectivity index (χ3n) is 3.63. The zero-order chi connectivity index (χ0) is 17.4. The summed E-state index contributed by atoms with van der Waals surface area (Å²) in [6, 6.07) is 7.06. The van der Waals surface area contributed by atoms with Gasteiger partial charge in [-0.25, -0.2) is 0 Å². The van der Waals surface area contributed by atoms with Crippen molar-refractivity contribution in [2.75, 3.05) is 14.2 Å². The molecule has 7 nitrogen and oxygen atoms in total. The van der Waals surface area contributed by atoms with E-state index in [0.717, 1.165) is 6.07 Å². The lowest BCUT2D eigenvalue weighted by atomic mass is 10.1. The van der Waals surface area contributed by atoms with Crippen molar-refractivity contribution in [3.05, 3.63) is 40.6 Å². The Balaban J connectivity index is 2.32. The van der Waals surface area contributed by atoms with Crippen LogP contribution in [0.2, 0.25) is 0 Å². The minimum atomic E-state index is -0.726. The zero-order valence-corrected chi connectivity index (χ0v) is 12.9. The quantitative estimate of drug-likeness (QED) is 0.633. The van der Waals surface area contributed by atoms with Crippen molar-refractivity contribution in [2.24, 2.45) is 0 Å². The summed E-state index contributed by atoms with van der Waals surface area (Å²) in [6.07, 6.45) is 0. The number of benzene rings is 2. The second-order valence-electron chi connectivity index (χ2n) is 4.99. The summed E-state index contributed by atoms with van der Waals surface area (Å²) in [7, 11) is 2.92. The van der Waals surface area contributed by atoms with Gasteiger partial charge < -0.3 is 29.2 Å². The van der Waals surface area contributed by atoms with Gasteiger partial charge in [0.05, 0.1) is 19.6 Å². The van der Waals surface area contributed by atoms with Crippen molar-refractivity contribution in [3.8, 4) is 40.1 Å². The Morgan fingerprint density at radius 1 is 0.917 bits per heavy atom. The molecule has 0 aliphatic heterocycles. The fourth-order valence-electron chi connectivity index (χ4n) is 2.40. The molecule has 0 radical (unpaired) electrons. The van der Waals surface area contributed by atoms with E-state index in [9.17, 15) is 20.1 Å². The number of phenolic OH excluding ortho intramolecular Hbond substituents is 2. The highest BCUT2D eigenvalue weighted by atomic mass is 16.5. The third kappa shape index (κ3) is 2.26. The maximum absolute atomic E-state index is 12.3. The number of phenols is 2. The number of fused-ring (bicyclic) bond motifs is 1. The Kier molecular flexibility index (Phi) is 3.69. The average molecular weight is 330 g/mol. The minimum absolute atomic E-state index is 0.0490. The smallest absolute Gasteiger partial charge is 0.235 e. The van der Waals surface area contributed by atoms with E-state index in [-0.39, 0.29) is 16.7 Å². The maximum Gasteiger partial charge on any atom is 0.235 e. The Bertz CT molecular complexity index is 988. The van der Waals surface area contributed by atoms with Crippen LogP contribution < -0.4 is 14.9 Å². The molecule has 3 N–H and O–H groups in total. The molecule has 0 aliphatic carbocycles. The van der Waals surface area contributed by atoms with Gasteiger partial charge in [-0.1, -0.05) is 0 Å². The lowest BCUT2D eigenvalue weighted by Gasteiger charge is -2.11. The molecule has 2 aromatic carbocycles. The largest absolute Gasteiger partial charge is 0.504 e. The highest BCUT2D eigenvalue weighted by Crippen LogP contribution is 2.39. The van der Waals surface area contributed by atoms with Crippen molar-refractivity contribution in [3.63, 3.8) is 0 Å². The molecule has 0 saturated carbocycles. The maximum atomic E-state index is 12.3. The molecule has 0 saturated heterocycles. The van der Waals surface area contributed by atoms with Crippen LogP contribution in [0.15, 0.2) is 39.5 Å². The molecule has 0 amide bonds. The van der Waals surface area contributed by atoms with E-state index in [2.05, 4.69) is 0 Å². The number of aromatic hydroxyl groups is 3. The Morgan fingerprint density at radius 2 is 1.62 bits per heavy atom. The van der Waals surface area contributed by atoms with Crippen LogP contribution in [0.3, 0.4) is 0 Å². The third-order valence-corrected chi connectivity index (χ3v) is 3.63. The van der Waals surface area contributed by atoms with E-state index >= 15 is 0 Å². The normalized spacial score (nSPS) is 10.8. The van der Waals surface area contributed by atoms with Crippen molar-refractivity contribution in [1.29, 1.82) is 0 Å². The fraction of sp³-hybridized carbons (Fsp3) is 0.118. The van der Waals surface area contributed by atoms with Crippen molar-refractivity contribution < 1.29 is 29.2 Å². The number of rotatable bonds is 3. The lowest BCUT2D eigenvalue weighted by Crippen LogP contribution is -2.02. The van der Waals surface area contributed by atoms with E-state index in [1.165, 1.54) is 26.4 Å². The van der Waals surface area contributed by atoms with Crippen LogP contribution in [0.5, 0.6) is 28.7 Å². The summed E-state index contributed by atoms with van der Waals surface area (Å²) in [5, 5.41) is 29.6. The standard InChI is InChI=1S/C17H14O7/c1-22-11-6-3-8(7-12(11)23-2)16-15(21)13(19)9-4-5-10(18)14(20)17(9)24-16/h3-7,18,20-21H,1-2H3. The molecule has 24 heavy (non-hydrogen) atoms. The number of methoxy groups -OCH3 is 2. The van der Waals surface area contributed by atoms with Gasteiger partial charge in [-0.05, 0) is 30.3 Å². The Labute approximate surface area is 135 Å². The van der Waals surface area contributed by atoms with E-state index in [1.807, 2.05) is 0 Å². The minimum Gasteiger partial charge on any atom is -0.504 e. The Morgan fingerprint density at radius 3 is 2.29 bits per heavy atom. The van der Waals surface area contributed by atoms with Gasteiger partial charge in [-0.15, -0.1) is 0 Å². The molecule has 7 heteroatoms.